The number of aryl methyl sites for hydroxylation is 1. The van der Waals surface area contributed by atoms with Gasteiger partial charge in [-0.1, -0.05) is 6.07 Å². The minimum Gasteiger partial charge on any atom is -0.504 e. The van der Waals surface area contributed by atoms with Crippen molar-refractivity contribution in [3.63, 3.8) is 0 Å². The quantitative estimate of drug-likeness (QED) is 0.340. The zero-order chi connectivity index (χ0) is 26.0. The molecular weight excluding hydrogens is 461 g/mol. The third kappa shape index (κ3) is 5.23. The van der Waals surface area contributed by atoms with Gasteiger partial charge < -0.3 is 30.1 Å². The van der Waals surface area contributed by atoms with Gasteiger partial charge in [-0.15, -0.1) is 0 Å². The fourth-order valence-corrected chi connectivity index (χ4v) is 4.05. The Kier molecular flexibility index (Phi) is 7.07. The fraction of sp³-hybridized carbons (Fsp3) is 0.269. The predicted molar refractivity (Wildman–Crippen MR) is 141 cm³/mol. The highest BCUT2D eigenvalue weighted by Crippen LogP contribution is 2.36. The van der Waals surface area contributed by atoms with Crippen LogP contribution >= 0.6 is 0 Å². The zero-order valence-corrected chi connectivity index (χ0v) is 21.0. The monoisotopic (exact) mass is 491 g/mol. The van der Waals surface area contributed by atoms with E-state index in [-0.39, 0.29) is 23.3 Å². The van der Waals surface area contributed by atoms with E-state index in [1.54, 1.807) is 29.0 Å². The first kappa shape index (κ1) is 24.9. The number of amides is 1. The molecular formula is C26H30FN7O2. The molecule has 188 valence electrons. The number of likely N-dealkylation sites (N-methyl/N-ethyl adjacent to an activating group) is 2. The van der Waals surface area contributed by atoms with Crippen LogP contribution in [0.15, 0.2) is 48.8 Å². The van der Waals surface area contributed by atoms with Crippen molar-refractivity contribution in [1.29, 1.82) is 0 Å². The number of aromatic nitrogens is 3. The number of hydrogen-bond acceptors (Lipinski definition) is 7. The minimum absolute atomic E-state index is 0.159. The molecule has 2 aromatic heterocycles. The molecule has 0 aliphatic carbocycles. The Bertz CT molecular complexity index is 1420. The molecule has 0 spiro atoms. The van der Waals surface area contributed by atoms with Crippen molar-refractivity contribution in [2.24, 2.45) is 7.05 Å². The molecule has 0 unspecified atom stereocenters. The second-order valence-corrected chi connectivity index (χ2v) is 8.98. The molecule has 2 aromatic carbocycles. The lowest BCUT2D eigenvalue weighted by Crippen LogP contribution is -2.29. The molecule has 36 heavy (non-hydrogen) atoms. The molecule has 10 heteroatoms. The SMILES string of the molecule is CC(=O)Nc1cc(Nc2ncc(O)c(-c3cn(C)c4cccc(F)c34)n2)ccc1N(C)CCN(C)C. The summed E-state index contributed by atoms with van der Waals surface area (Å²) < 4.78 is 16.5. The second kappa shape index (κ2) is 10.2. The van der Waals surface area contributed by atoms with E-state index >= 15 is 0 Å². The van der Waals surface area contributed by atoms with Gasteiger partial charge in [-0.05, 0) is 44.4 Å². The summed E-state index contributed by atoms with van der Waals surface area (Å²) in [7, 11) is 7.79. The third-order valence-electron chi connectivity index (χ3n) is 5.85. The number of aromatic hydroxyl groups is 1. The molecule has 0 aliphatic heterocycles. The van der Waals surface area contributed by atoms with E-state index in [0.717, 1.165) is 18.8 Å². The Labute approximate surface area is 209 Å². The van der Waals surface area contributed by atoms with Crippen molar-refractivity contribution in [2.75, 3.05) is 49.8 Å². The van der Waals surface area contributed by atoms with E-state index in [1.165, 1.54) is 19.2 Å². The molecule has 1 amide bonds. The summed E-state index contributed by atoms with van der Waals surface area (Å²) in [6, 6.07) is 10.4. The van der Waals surface area contributed by atoms with E-state index in [1.807, 2.05) is 40.3 Å². The molecule has 0 atom stereocenters. The van der Waals surface area contributed by atoms with E-state index in [2.05, 4.69) is 30.4 Å². The van der Waals surface area contributed by atoms with Crippen LogP contribution in [-0.2, 0) is 11.8 Å². The van der Waals surface area contributed by atoms with Crippen LogP contribution in [0.2, 0.25) is 0 Å². The number of rotatable bonds is 8. The molecule has 0 radical (unpaired) electrons. The van der Waals surface area contributed by atoms with Gasteiger partial charge in [0.25, 0.3) is 0 Å². The van der Waals surface area contributed by atoms with Gasteiger partial charge in [0, 0.05) is 56.9 Å². The number of halogens is 1. The summed E-state index contributed by atoms with van der Waals surface area (Å²) in [6.45, 7) is 3.09. The van der Waals surface area contributed by atoms with Gasteiger partial charge in [-0.25, -0.2) is 14.4 Å². The Morgan fingerprint density at radius 1 is 1.17 bits per heavy atom. The number of anilines is 4. The third-order valence-corrected chi connectivity index (χ3v) is 5.85. The van der Waals surface area contributed by atoms with Gasteiger partial charge in [-0.3, -0.25) is 4.79 Å². The smallest absolute Gasteiger partial charge is 0.227 e. The molecule has 0 fully saturated rings. The lowest BCUT2D eigenvalue weighted by Gasteiger charge is -2.24. The maximum absolute atomic E-state index is 14.7. The molecule has 0 saturated carbocycles. The van der Waals surface area contributed by atoms with Gasteiger partial charge in [0.05, 0.1) is 23.1 Å². The van der Waals surface area contributed by atoms with Gasteiger partial charge in [-0.2, -0.15) is 0 Å². The number of benzene rings is 2. The first-order chi connectivity index (χ1) is 17.1. The number of carbonyl (C=O) groups is 1. The van der Waals surface area contributed by atoms with Gasteiger partial charge in [0.1, 0.15) is 11.5 Å². The van der Waals surface area contributed by atoms with Gasteiger partial charge in [0.15, 0.2) is 5.75 Å². The second-order valence-electron chi connectivity index (χ2n) is 8.98. The highest BCUT2D eigenvalue weighted by atomic mass is 19.1. The number of fused-ring (bicyclic) bond motifs is 1. The van der Waals surface area contributed by atoms with E-state index in [0.29, 0.717) is 27.8 Å². The summed E-state index contributed by atoms with van der Waals surface area (Å²) in [5, 5.41) is 16.9. The summed E-state index contributed by atoms with van der Waals surface area (Å²) in [4.78, 5) is 24.7. The van der Waals surface area contributed by atoms with Crippen LogP contribution in [0.3, 0.4) is 0 Å². The van der Waals surface area contributed by atoms with Crippen molar-refractivity contribution in [1.82, 2.24) is 19.4 Å². The molecule has 0 bridgehead atoms. The van der Waals surface area contributed by atoms with Gasteiger partial charge in [0.2, 0.25) is 11.9 Å². The number of nitrogens with zero attached hydrogens (tertiary/aromatic N) is 5. The standard InChI is InChI=1S/C26H30FN7O2/c1-16(35)29-20-13-17(9-10-21(20)33(4)12-11-32(2)3)30-26-28-14-23(36)25(31-26)18-15-34(5)22-8-6-7-19(27)24(18)22/h6-10,13-15,36H,11-12H2,1-5H3,(H,29,35)(H,28,30,31). The van der Waals surface area contributed by atoms with Gasteiger partial charge >= 0.3 is 0 Å². The number of nitrogens with one attached hydrogen (secondary N) is 2. The Balaban J connectivity index is 1.68. The molecule has 4 rings (SSSR count). The molecule has 2 heterocycles. The first-order valence-electron chi connectivity index (χ1n) is 11.5. The highest BCUT2D eigenvalue weighted by molar-refractivity contribution is 5.97. The summed E-state index contributed by atoms with van der Waals surface area (Å²) in [6.07, 6.45) is 3.01. The van der Waals surface area contributed by atoms with Crippen molar-refractivity contribution < 1.29 is 14.3 Å². The Hall–Kier alpha value is -4.18. The summed E-state index contributed by atoms with van der Waals surface area (Å²) in [5.41, 5.74) is 3.52. The van der Waals surface area contributed by atoms with Crippen LogP contribution in [0.1, 0.15) is 6.92 Å². The summed E-state index contributed by atoms with van der Waals surface area (Å²) >= 11 is 0. The first-order valence-corrected chi connectivity index (χ1v) is 11.5. The predicted octanol–water partition coefficient (Wildman–Crippen LogP) is 4.18. The Morgan fingerprint density at radius 3 is 2.67 bits per heavy atom. The number of hydrogen-bond donors (Lipinski definition) is 3. The minimum atomic E-state index is -0.399. The lowest BCUT2D eigenvalue weighted by molar-refractivity contribution is -0.114. The fourth-order valence-electron chi connectivity index (χ4n) is 4.05. The van der Waals surface area contributed by atoms with E-state index < -0.39 is 5.82 Å². The Morgan fingerprint density at radius 2 is 1.94 bits per heavy atom. The molecule has 0 saturated heterocycles. The van der Waals surface area contributed by atoms with E-state index in [4.69, 9.17) is 0 Å². The molecule has 0 aliphatic rings. The topological polar surface area (TPSA) is 98.5 Å². The summed E-state index contributed by atoms with van der Waals surface area (Å²) in [5.74, 6) is -0.521. The van der Waals surface area contributed by atoms with Crippen molar-refractivity contribution in [3.05, 3.63) is 54.6 Å². The van der Waals surface area contributed by atoms with Crippen LogP contribution in [0.25, 0.3) is 22.2 Å². The average Bonchev–Trinajstić information content (AvgIpc) is 3.16. The normalized spacial score (nSPS) is 11.2. The molecule has 3 N–H and O–H groups in total. The maximum Gasteiger partial charge on any atom is 0.227 e. The largest absolute Gasteiger partial charge is 0.504 e. The van der Waals surface area contributed by atoms with Crippen LogP contribution in [0.4, 0.5) is 27.4 Å². The van der Waals surface area contributed by atoms with Crippen LogP contribution in [0, 0.1) is 5.82 Å². The zero-order valence-electron chi connectivity index (χ0n) is 21.0. The maximum atomic E-state index is 14.7. The lowest BCUT2D eigenvalue weighted by atomic mass is 10.1. The van der Waals surface area contributed by atoms with Crippen LogP contribution in [0.5, 0.6) is 5.75 Å². The van der Waals surface area contributed by atoms with Crippen LogP contribution < -0.4 is 15.5 Å². The highest BCUT2D eigenvalue weighted by Gasteiger charge is 2.18. The number of carbonyl (C=O) groups excluding carboxylic acids is 1. The molecule has 4 aromatic rings. The average molecular weight is 492 g/mol. The molecule has 9 nitrogen and oxygen atoms in total. The van der Waals surface area contributed by atoms with Crippen LogP contribution in [-0.4, -0.2) is 64.7 Å². The van der Waals surface area contributed by atoms with Crippen molar-refractivity contribution in [2.45, 2.75) is 6.92 Å². The van der Waals surface area contributed by atoms with Crippen molar-refractivity contribution in [3.8, 4) is 17.0 Å². The van der Waals surface area contributed by atoms with E-state index in [9.17, 15) is 14.3 Å². The van der Waals surface area contributed by atoms with Crippen molar-refractivity contribution >= 4 is 39.8 Å².